The average molecular weight is 203 g/mol. The van der Waals surface area contributed by atoms with Gasteiger partial charge in [-0.1, -0.05) is 0 Å². The van der Waals surface area contributed by atoms with Crippen LogP contribution in [-0.4, -0.2) is 14.9 Å². The van der Waals surface area contributed by atoms with Crippen molar-refractivity contribution in [1.29, 1.82) is 0 Å². The molecular weight excluding hydrogens is 196 g/mol. The summed E-state index contributed by atoms with van der Waals surface area (Å²) in [6.45, 7) is 0. The second-order valence-corrected chi connectivity index (χ2v) is 3.25. The summed E-state index contributed by atoms with van der Waals surface area (Å²) < 4.78 is 2.52. The first-order chi connectivity index (χ1) is 4.79. The third-order valence-corrected chi connectivity index (χ3v) is 2.38. The van der Waals surface area contributed by atoms with Gasteiger partial charge in [0.25, 0.3) is 0 Å². The molecule has 0 amide bonds. The summed E-state index contributed by atoms with van der Waals surface area (Å²) in [5, 5.41) is 13.1. The van der Waals surface area contributed by atoms with Gasteiger partial charge in [-0.2, -0.15) is 5.10 Å². The highest BCUT2D eigenvalue weighted by atomic mass is 79.9. The fourth-order valence-corrected chi connectivity index (χ4v) is 1.40. The van der Waals surface area contributed by atoms with Crippen LogP contribution in [0.4, 0.5) is 0 Å². The Morgan fingerprint density at radius 1 is 1.70 bits per heavy atom. The molecule has 10 heavy (non-hydrogen) atoms. The van der Waals surface area contributed by atoms with Crippen LogP contribution >= 0.6 is 15.9 Å². The lowest BCUT2D eigenvalue weighted by Crippen LogP contribution is -1.94. The zero-order valence-corrected chi connectivity index (χ0v) is 6.87. The maximum atomic E-state index is 9.09. The van der Waals surface area contributed by atoms with E-state index in [1.54, 1.807) is 0 Å². The third-order valence-electron chi connectivity index (χ3n) is 1.61. The SMILES string of the molecule is Oc1cnn(C2CC2)c1Br. The van der Waals surface area contributed by atoms with E-state index >= 15 is 0 Å². The van der Waals surface area contributed by atoms with E-state index in [1.807, 2.05) is 4.68 Å². The molecule has 0 aliphatic heterocycles. The number of hydrogen-bond donors (Lipinski definition) is 1. The van der Waals surface area contributed by atoms with Crippen molar-refractivity contribution in [2.45, 2.75) is 18.9 Å². The van der Waals surface area contributed by atoms with Gasteiger partial charge in [0.05, 0.1) is 12.2 Å². The monoisotopic (exact) mass is 202 g/mol. The van der Waals surface area contributed by atoms with E-state index in [1.165, 1.54) is 19.0 Å². The van der Waals surface area contributed by atoms with Crippen molar-refractivity contribution in [2.75, 3.05) is 0 Å². The number of rotatable bonds is 1. The van der Waals surface area contributed by atoms with E-state index in [-0.39, 0.29) is 5.75 Å². The smallest absolute Gasteiger partial charge is 0.168 e. The van der Waals surface area contributed by atoms with Crippen molar-refractivity contribution in [1.82, 2.24) is 9.78 Å². The molecule has 1 aliphatic carbocycles. The Labute approximate surface area is 66.8 Å². The van der Waals surface area contributed by atoms with Gasteiger partial charge < -0.3 is 5.11 Å². The molecule has 0 radical (unpaired) electrons. The van der Waals surface area contributed by atoms with Gasteiger partial charge in [0.2, 0.25) is 0 Å². The molecule has 0 bridgehead atoms. The second kappa shape index (κ2) is 1.99. The summed E-state index contributed by atoms with van der Waals surface area (Å²) in [5.41, 5.74) is 0. The lowest BCUT2D eigenvalue weighted by molar-refractivity contribution is 0.468. The predicted octanol–water partition coefficient (Wildman–Crippen LogP) is 1.69. The maximum absolute atomic E-state index is 9.09. The molecule has 4 heteroatoms. The van der Waals surface area contributed by atoms with Gasteiger partial charge in [-0.3, -0.25) is 4.68 Å². The topological polar surface area (TPSA) is 38.1 Å². The van der Waals surface area contributed by atoms with Crippen LogP contribution in [0.15, 0.2) is 10.8 Å². The summed E-state index contributed by atoms with van der Waals surface area (Å²) in [6, 6.07) is 0.523. The molecule has 54 valence electrons. The van der Waals surface area contributed by atoms with Gasteiger partial charge in [-0.25, -0.2) is 0 Å². The van der Waals surface area contributed by atoms with E-state index in [0.717, 1.165) is 0 Å². The number of hydrogen-bond acceptors (Lipinski definition) is 2. The Balaban J connectivity index is 2.40. The first-order valence-corrected chi connectivity index (χ1v) is 4.00. The van der Waals surface area contributed by atoms with Gasteiger partial charge in [-0.05, 0) is 28.8 Å². The molecule has 1 fully saturated rings. The van der Waals surface area contributed by atoms with E-state index in [2.05, 4.69) is 21.0 Å². The molecule has 0 atom stereocenters. The van der Waals surface area contributed by atoms with E-state index in [4.69, 9.17) is 5.11 Å². The Kier molecular flexibility index (Phi) is 1.23. The number of aromatic nitrogens is 2. The number of aromatic hydroxyl groups is 1. The maximum Gasteiger partial charge on any atom is 0.168 e. The first kappa shape index (κ1) is 6.22. The third kappa shape index (κ3) is 0.831. The summed E-state index contributed by atoms with van der Waals surface area (Å²) in [5.74, 6) is 0.229. The van der Waals surface area contributed by atoms with Crippen molar-refractivity contribution >= 4 is 15.9 Å². The standard InChI is InChI=1S/C6H7BrN2O/c7-6-5(10)3-8-9(6)4-1-2-4/h3-4,10H,1-2H2. The second-order valence-electron chi connectivity index (χ2n) is 2.50. The minimum absolute atomic E-state index is 0.229. The fraction of sp³-hybridized carbons (Fsp3) is 0.500. The molecule has 1 aliphatic rings. The molecule has 0 saturated heterocycles. The van der Waals surface area contributed by atoms with Crippen LogP contribution in [0.25, 0.3) is 0 Å². The highest BCUT2D eigenvalue weighted by Crippen LogP contribution is 2.38. The molecule has 1 saturated carbocycles. The minimum atomic E-state index is 0.229. The average Bonchev–Trinajstić information content (AvgIpc) is 2.67. The fourth-order valence-electron chi connectivity index (χ4n) is 0.912. The number of halogens is 1. The molecule has 0 spiro atoms. The minimum Gasteiger partial charge on any atom is -0.504 e. The zero-order chi connectivity index (χ0) is 7.14. The Bertz CT molecular complexity index is 254. The Morgan fingerprint density at radius 2 is 2.40 bits per heavy atom. The summed E-state index contributed by atoms with van der Waals surface area (Å²) in [4.78, 5) is 0. The van der Waals surface area contributed by atoms with E-state index < -0.39 is 0 Å². The van der Waals surface area contributed by atoms with Gasteiger partial charge in [0, 0.05) is 0 Å². The largest absolute Gasteiger partial charge is 0.504 e. The normalized spacial score (nSPS) is 17.7. The molecule has 0 aromatic carbocycles. The quantitative estimate of drug-likeness (QED) is 0.753. The van der Waals surface area contributed by atoms with Gasteiger partial charge >= 0.3 is 0 Å². The van der Waals surface area contributed by atoms with Crippen LogP contribution in [0.1, 0.15) is 18.9 Å². The Morgan fingerprint density at radius 3 is 2.80 bits per heavy atom. The predicted molar refractivity (Wildman–Crippen MR) is 39.9 cm³/mol. The van der Waals surface area contributed by atoms with Crippen LogP contribution in [0, 0.1) is 0 Å². The van der Waals surface area contributed by atoms with Crippen LogP contribution in [-0.2, 0) is 0 Å². The Hall–Kier alpha value is -0.510. The van der Waals surface area contributed by atoms with Crippen LogP contribution in [0.3, 0.4) is 0 Å². The summed E-state index contributed by atoms with van der Waals surface area (Å²) >= 11 is 3.24. The molecule has 1 aromatic rings. The van der Waals surface area contributed by atoms with Gasteiger partial charge in [0.1, 0.15) is 4.60 Å². The molecule has 2 rings (SSSR count). The van der Waals surface area contributed by atoms with Gasteiger partial charge in [-0.15, -0.1) is 0 Å². The highest BCUT2D eigenvalue weighted by Gasteiger charge is 2.26. The molecule has 0 unspecified atom stereocenters. The molecule has 3 nitrogen and oxygen atoms in total. The summed E-state index contributed by atoms with van der Waals surface area (Å²) in [7, 11) is 0. The van der Waals surface area contributed by atoms with Gasteiger partial charge in [0.15, 0.2) is 5.75 Å². The molecule has 1 N–H and O–H groups in total. The lowest BCUT2D eigenvalue weighted by atomic mass is 10.6. The molecular formula is C6H7BrN2O. The molecule has 1 heterocycles. The van der Waals surface area contributed by atoms with E-state index in [0.29, 0.717) is 10.6 Å². The van der Waals surface area contributed by atoms with Crippen molar-refractivity contribution in [3.8, 4) is 5.75 Å². The van der Waals surface area contributed by atoms with Crippen molar-refractivity contribution < 1.29 is 5.11 Å². The molecule has 1 aromatic heterocycles. The first-order valence-electron chi connectivity index (χ1n) is 3.21. The van der Waals surface area contributed by atoms with Crippen molar-refractivity contribution in [2.24, 2.45) is 0 Å². The van der Waals surface area contributed by atoms with Crippen LogP contribution in [0.5, 0.6) is 5.75 Å². The number of nitrogens with zero attached hydrogens (tertiary/aromatic N) is 2. The van der Waals surface area contributed by atoms with Crippen molar-refractivity contribution in [3.63, 3.8) is 0 Å². The summed E-state index contributed by atoms with van der Waals surface area (Å²) in [6.07, 6.45) is 3.82. The lowest BCUT2D eigenvalue weighted by Gasteiger charge is -1.96. The van der Waals surface area contributed by atoms with Crippen LogP contribution < -0.4 is 0 Å². The highest BCUT2D eigenvalue weighted by molar-refractivity contribution is 9.10. The van der Waals surface area contributed by atoms with Crippen molar-refractivity contribution in [3.05, 3.63) is 10.8 Å². The zero-order valence-electron chi connectivity index (χ0n) is 5.29. The van der Waals surface area contributed by atoms with Crippen LogP contribution in [0.2, 0.25) is 0 Å². The van der Waals surface area contributed by atoms with E-state index in [9.17, 15) is 0 Å².